The van der Waals surface area contributed by atoms with E-state index < -0.39 is 5.82 Å². The van der Waals surface area contributed by atoms with E-state index in [4.69, 9.17) is 0 Å². The lowest BCUT2D eigenvalue weighted by atomic mass is 10.1. The third kappa shape index (κ3) is 3.51. The standard InChI is InChI=1S/C13H18BrFN2O/c1-3-10(4-2)17(8-6-14)13(18)11-5-7-16-9-12(11)15/h5,7,9-10H,3-4,6,8H2,1-2H3. The second kappa shape index (κ2) is 7.46. The van der Waals surface area contributed by atoms with E-state index in [0.29, 0.717) is 11.9 Å². The van der Waals surface area contributed by atoms with Crippen LogP contribution in [0.3, 0.4) is 0 Å². The molecule has 0 unspecified atom stereocenters. The van der Waals surface area contributed by atoms with E-state index in [2.05, 4.69) is 20.9 Å². The van der Waals surface area contributed by atoms with Crippen molar-refractivity contribution in [3.05, 3.63) is 29.8 Å². The van der Waals surface area contributed by atoms with E-state index in [-0.39, 0.29) is 17.5 Å². The number of halogens is 2. The number of carbonyl (C=O) groups excluding carboxylic acids is 1. The molecule has 0 saturated heterocycles. The minimum atomic E-state index is -0.562. The number of amides is 1. The molecule has 0 atom stereocenters. The molecule has 100 valence electrons. The maximum Gasteiger partial charge on any atom is 0.257 e. The van der Waals surface area contributed by atoms with Crippen molar-refractivity contribution in [2.24, 2.45) is 0 Å². The molecule has 0 bridgehead atoms. The van der Waals surface area contributed by atoms with Gasteiger partial charge in [0.2, 0.25) is 0 Å². The highest BCUT2D eigenvalue weighted by Gasteiger charge is 2.23. The maximum atomic E-state index is 13.6. The Morgan fingerprint density at radius 2 is 2.17 bits per heavy atom. The fraction of sp³-hybridized carbons (Fsp3) is 0.538. The first-order chi connectivity index (χ1) is 8.65. The molecule has 0 N–H and O–H groups in total. The van der Waals surface area contributed by atoms with Crippen molar-refractivity contribution in [3.8, 4) is 0 Å². The van der Waals surface area contributed by atoms with Gasteiger partial charge in [0.15, 0.2) is 5.82 Å². The lowest BCUT2D eigenvalue weighted by Gasteiger charge is -2.30. The molecule has 0 spiro atoms. The molecule has 0 fully saturated rings. The number of nitrogens with zero attached hydrogens (tertiary/aromatic N) is 2. The summed E-state index contributed by atoms with van der Waals surface area (Å²) in [6.45, 7) is 4.64. The van der Waals surface area contributed by atoms with Crippen LogP contribution in [0.1, 0.15) is 37.0 Å². The highest BCUT2D eigenvalue weighted by atomic mass is 79.9. The summed E-state index contributed by atoms with van der Waals surface area (Å²) in [5.41, 5.74) is 0.0952. The molecule has 1 aromatic heterocycles. The third-order valence-electron chi connectivity index (χ3n) is 2.97. The monoisotopic (exact) mass is 316 g/mol. The van der Waals surface area contributed by atoms with Crippen molar-refractivity contribution in [1.29, 1.82) is 0 Å². The number of hydrogen-bond donors (Lipinski definition) is 0. The first-order valence-corrected chi connectivity index (χ1v) is 7.24. The van der Waals surface area contributed by atoms with Crippen LogP contribution in [0.2, 0.25) is 0 Å². The van der Waals surface area contributed by atoms with Gasteiger partial charge in [0, 0.05) is 24.1 Å². The molecule has 1 amide bonds. The Morgan fingerprint density at radius 3 is 2.67 bits per heavy atom. The largest absolute Gasteiger partial charge is 0.335 e. The molecule has 18 heavy (non-hydrogen) atoms. The van der Waals surface area contributed by atoms with E-state index in [0.717, 1.165) is 19.0 Å². The number of hydrogen-bond acceptors (Lipinski definition) is 2. The maximum absolute atomic E-state index is 13.6. The molecule has 0 aliphatic carbocycles. The molecule has 0 aliphatic heterocycles. The van der Waals surface area contributed by atoms with Gasteiger partial charge in [-0.1, -0.05) is 29.8 Å². The molecule has 5 heteroatoms. The summed E-state index contributed by atoms with van der Waals surface area (Å²) in [5, 5.41) is 0.682. The lowest BCUT2D eigenvalue weighted by Crippen LogP contribution is -2.41. The van der Waals surface area contributed by atoms with Crippen molar-refractivity contribution >= 4 is 21.8 Å². The van der Waals surface area contributed by atoms with Gasteiger partial charge in [0.1, 0.15) is 0 Å². The Labute approximate surface area is 116 Å². The van der Waals surface area contributed by atoms with Gasteiger partial charge in [-0.2, -0.15) is 0 Å². The van der Waals surface area contributed by atoms with Crippen LogP contribution >= 0.6 is 15.9 Å². The summed E-state index contributed by atoms with van der Waals surface area (Å²) >= 11 is 3.34. The van der Waals surface area contributed by atoms with Crippen molar-refractivity contribution in [3.63, 3.8) is 0 Å². The third-order valence-corrected chi connectivity index (χ3v) is 3.33. The first-order valence-electron chi connectivity index (χ1n) is 6.12. The van der Waals surface area contributed by atoms with Crippen LogP contribution in [0.5, 0.6) is 0 Å². The molecule has 0 saturated carbocycles. The van der Waals surface area contributed by atoms with Gasteiger partial charge >= 0.3 is 0 Å². The van der Waals surface area contributed by atoms with Gasteiger partial charge in [-0.05, 0) is 18.9 Å². The van der Waals surface area contributed by atoms with Crippen molar-refractivity contribution in [1.82, 2.24) is 9.88 Å². The van der Waals surface area contributed by atoms with Crippen LogP contribution in [-0.2, 0) is 0 Å². The summed E-state index contributed by atoms with van der Waals surface area (Å²) in [5.74, 6) is -0.823. The number of alkyl halides is 1. The number of pyridine rings is 1. The molecule has 1 heterocycles. The van der Waals surface area contributed by atoms with E-state index in [1.807, 2.05) is 13.8 Å². The molecular formula is C13H18BrFN2O. The average molecular weight is 317 g/mol. The van der Waals surface area contributed by atoms with E-state index in [1.54, 1.807) is 4.90 Å². The van der Waals surface area contributed by atoms with Crippen molar-refractivity contribution in [2.75, 3.05) is 11.9 Å². The van der Waals surface area contributed by atoms with Crippen LogP contribution in [0.25, 0.3) is 0 Å². The molecule has 0 aliphatic rings. The molecule has 0 radical (unpaired) electrons. The minimum Gasteiger partial charge on any atom is -0.335 e. The van der Waals surface area contributed by atoms with Gasteiger partial charge in [0.05, 0.1) is 11.8 Å². The van der Waals surface area contributed by atoms with E-state index in [1.165, 1.54) is 12.3 Å². The Hall–Kier alpha value is -0.970. The summed E-state index contributed by atoms with van der Waals surface area (Å²) < 4.78 is 13.6. The van der Waals surface area contributed by atoms with Gasteiger partial charge in [-0.25, -0.2) is 4.39 Å². The average Bonchev–Trinajstić information content (AvgIpc) is 2.39. The summed E-state index contributed by atoms with van der Waals surface area (Å²) in [7, 11) is 0. The van der Waals surface area contributed by atoms with Gasteiger partial charge in [-0.3, -0.25) is 9.78 Å². The van der Waals surface area contributed by atoms with Crippen LogP contribution in [0.15, 0.2) is 18.5 Å². The summed E-state index contributed by atoms with van der Waals surface area (Å²) in [6.07, 6.45) is 4.24. The van der Waals surface area contributed by atoms with Crippen LogP contribution in [0.4, 0.5) is 4.39 Å². The number of aromatic nitrogens is 1. The van der Waals surface area contributed by atoms with Gasteiger partial charge in [0.25, 0.3) is 5.91 Å². The highest BCUT2D eigenvalue weighted by molar-refractivity contribution is 9.09. The smallest absolute Gasteiger partial charge is 0.257 e. The predicted octanol–water partition coefficient (Wildman–Crippen LogP) is 3.25. The fourth-order valence-corrected chi connectivity index (χ4v) is 2.36. The van der Waals surface area contributed by atoms with Gasteiger partial charge in [-0.15, -0.1) is 0 Å². The topological polar surface area (TPSA) is 33.2 Å². The Morgan fingerprint density at radius 1 is 1.50 bits per heavy atom. The lowest BCUT2D eigenvalue weighted by molar-refractivity contribution is 0.0678. The molecular weight excluding hydrogens is 299 g/mol. The van der Waals surface area contributed by atoms with Crippen molar-refractivity contribution < 1.29 is 9.18 Å². The molecule has 1 aromatic rings. The van der Waals surface area contributed by atoms with E-state index in [9.17, 15) is 9.18 Å². The number of carbonyl (C=O) groups is 1. The molecule has 0 aromatic carbocycles. The second-order valence-electron chi connectivity index (χ2n) is 4.01. The Kier molecular flexibility index (Phi) is 6.25. The van der Waals surface area contributed by atoms with Crippen LogP contribution in [0, 0.1) is 5.82 Å². The zero-order chi connectivity index (χ0) is 13.5. The highest BCUT2D eigenvalue weighted by Crippen LogP contribution is 2.15. The second-order valence-corrected chi connectivity index (χ2v) is 4.81. The zero-order valence-electron chi connectivity index (χ0n) is 10.7. The zero-order valence-corrected chi connectivity index (χ0v) is 12.3. The molecule has 3 nitrogen and oxygen atoms in total. The Balaban J connectivity index is 2.99. The van der Waals surface area contributed by atoms with Crippen molar-refractivity contribution in [2.45, 2.75) is 32.7 Å². The Bertz CT molecular complexity index is 396. The SMILES string of the molecule is CCC(CC)N(CCBr)C(=O)c1ccncc1F. The van der Waals surface area contributed by atoms with Gasteiger partial charge < -0.3 is 4.90 Å². The first kappa shape index (κ1) is 15.1. The number of rotatable bonds is 6. The van der Waals surface area contributed by atoms with Crippen LogP contribution < -0.4 is 0 Å². The van der Waals surface area contributed by atoms with Crippen LogP contribution in [-0.4, -0.2) is 33.7 Å². The summed E-state index contributed by atoms with van der Waals surface area (Å²) in [6, 6.07) is 1.57. The fourth-order valence-electron chi connectivity index (χ4n) is 1.97. The summed E-state index contributed by atoms with van der Waals surface area (Å²) in [4.78, 5) is 17.7. The normalized spacial score (nSPS) is 10.7. The quantitative estimate of drug-likeness (QED) is 0.755. The predicted molar refractivity (Wildman–Crippen MR) is 73.4 cm³/mol. The molecule has 1 rings (SSSR count). The van der Waals surface area contributed by atoms with E-state index >= 15 is 0 Å². The minimum absolute atomic E-state index is 0.0952.